The van der Waals surface area contributed by atoms with Crippen molar-refractivity contribution in [3.05, 3.63) is 33.6 Å². The Hall–Kier alpha value is -0.350. The zero-order chi connectivity index (χ0) is 13.9. The fourth-order valence-corrected chi connectivity index (χ4v) is 2.33. The monoisotopic (exact) mass is 294 g/mol. The number of hydrogen-bond donors (Lipinski definition) is 1. The van der Waals surface area contributed by atoms with Crippen LogP contribution in [-0.4, -0.2) is 18.8 Å². The third-order valence-electron chi connectivity index (χ3n) is 3.27. The van der Waals surface area contributed by atoms with Crippen LogP contribution < -0.4 is 0 Å². The van der Waals surface area contributed by atoms with Gasteiger partial charge in [0, 0.05) is 24.3 Å². The summed E-state index contributed by atoms with van der Waals surface area (Å²) in [5.41, 5.74) is -0.893. The number of halogens is 3. The van der Waals surface area contributed by atoms with Crippen molar-refractivity contribution in [1.29, 1.82) is 0 Å². The van der Waals surface area contributed by atoms with E-state index in [-0.39, 0.29) is 16.0 Å². The first kappa shape index (κ1) is 15.7. The van der Waals surface area contributed by atoms with Crippen molar-refractivity contribution in [1.82, 2.24) is 0 Å². The number of benzene rings is 1. The molecule has 18 heavy (non-hydrogen) atoms. The summed E-state index contributed by atoms with van der Waals surface area (Å²) in [4.78, 5) is 0. The molecule has 0 aliphatic carbocycles. The maximum Gasteiger partial charge on any atom is 0.142 e. The van der Waals surface area contributed by atoms with Crippen LogP contribution >= 0.6 is 23.2 Å². The average Bonchev–Trinajstić information content (AvgIpc) is 2.30. The van der Waals surface area contributed by atoms with Gasteiger partial charge in [0.2, 0.25) is 0 Å². The molecule has 0 saturated carbocycles. The van der Waals surface area contributed by atoms with Crippen molar-refractivity contribution in [2.24, 2.45) is 5.92 Å². The van der Waals surface area contributed by atoms with Crippen LogP contribution in [0.5, 0.6) is 0 Å². The minimum Gasteiger partial charge on any atom is -0.385 e. The largest absolute Gasteiger partial charge is 0.385 e. The van der Waals surface area contributed by atoms with E-state index in [2.05, 4.69) is 0 Å². The number of aliphatic hydroxyl groups is 1. The van der Waals surface area contributed by atoms with Crippen LogP contribution in [-0.2, 0) is 10.3 Å². The van der Waals surface area contributed by atoms with Crippen molar-refractivity contribution in [3.63, 3.8) is 0 Å². The van der Waals surface area contributed by atoms with Gasteiger partial charge >= 0.3 is 0 Å². The molecular formula is C13H17Cl2FO2. The van der Waals surface area contributed by atoms with Gasteiger partial charge in [-0.25, -0.2) is 4.39 Å². The van der Waals surface area contributed by atoms with Crippen molar-refractivity contribution < 1.29 is 14.2 Å². The fourth-order valence-electron chi connectivity index (χ4n) is 1.75. The van der Waals surface area contributed by atoms with E-state index in [1.54, 1.807) is 14.0 Å². The molecule has 1 rings (SSSR count). The van der Waals surface area contributed by atoms with E-state index in [0.717, 1.165) is 0 Å². The predicted octanol–water partition coefficient (Wildman–Crippen LogP) is 4.01. The lowest BCUT2D eigenvalue weighted by Crippen LogP contribution is -2.31. The number of ether oxygens (including phenoxy) is 1. The van der Waals surface area contributed by atoms with Crippen molar-refractivity contribution in [3.8, 4) is 0 Å². The van der Waals surface area contributed by atoms with Gasteiger partial charge < -0.3 is 9.84 Å². The van der Waals surface area contributed by atoms with E-state index in [9.17, 15) is 9.50 Å². The van der Waals surface area contributed by atoms with Crippen LogP contribution in [0.4, 0.5) is 4.39 Å². The second kappa shape index (κ2) is 6.20. The van der Waals surface area contributed by atoms with Crippen molar-refractivity contribution in [2.45, 2.75) is 25.9 Å². The standard InChI is InChI=1S/C13H17Cl2FO2/c1-8(4-5-18-3)13(2,17)9-6-12(16)11(15)7-10(9)14/h6-8,17H,4-5H2,1-3H3. The molecule has 0 radical (unpaired) electrons. The highest BCUT2D eigenvalue weighted by Gasteiger charge is 2.32. The highest BCUT2D eigenvalue weighted by molar-refractivity contribution is 6.35. The summed E-state index contributed by atoms with van der Waals surface area (Å²) in [6.45, 7) is 3.99. The van der Waals surface area contributed by atoms with Gasteiger partial charge in [0.15, 0.2) is 0 Å². The van der Waals surface area contributed by atoms with Gasteiger partial charge in [-0.3, -0.25) is 0 Å². The second-order valence-electron chi connectivity index (χ2n) is 4.58. The lowest BCUT2D eigenvalue weighted by Gasteiger charge is -2.31. The summed E-state index contributed by atoms with van der Waals surface area (Å²) in [5, 5.41) is 10.7. The maximum absolute atomic E-state index is 13.5. The molecule has 0 saturated heterocycles. The van der Waals surface area contributed by atoms with E-state index < -0.39 is 11.4 Å². The smallest absolute Gasteiger partial charge is 0.142 e. The van der Waals surface area contributed by atoms with E-state index in [1.165, 1.54) is 12.1 Å². The van der Waals surface area contributed by atoms with Crippen LogP contribution in [0.2, 0.25) is 10.0 Å². The van der Waals surface area contributed by atoms with E-state index >= 15 is 0 Å². The normalized spacial score (nSPS) is 16.4. The Labute approximate surface area is 117 Å². The molecule has 0 spiro atoms. The fraction of sp³-hybridized carbons (Fsp3) is 0.538. The third kappa shape index (κ3) is 3.35. The Morgan fingerprint density at radius 2 is 2.00 bits per heavy atom. The number of rotatable bonds is 5. The zero-order valence-corrected chi connectivity index (χ0v) is 12.1. The van der Waals surface area contributed by atoms with Gasteiger partial charge in [0.25, 0.3) is 0 Å². The maximum atomic E-state index is 13.5. The zero-order valence-electron chi connectivity index (χ0n) is 10.6. The lowest BCUT2D eigenvalue weighted by atomic mass is 9.82. The predicted molar refractivity (Wildman–Crippen MR) is 71.6 cm³/mol. The second-order valence-corrected chi connectivity index (χ2v) is 5.39. The Kier molecular flexibility index (Phi) is 5.41. The molecule has 1 N–H and O–H groups in total. The molecule has 1 aromatic rings. The Morgan fingerprint density at radius 1 is 1.39 bits per heavy atom. The summed E-state index contributed by atoms with van der Waals surface area (Å²) in [6.07, 6.45) is 0.643. The van der Waals surface area contributed by atoms with Crippen LogP contribution in [0, 0.1) is 11.7 Å². The summed E-state index contributed by atoms with van der Waals surface area (Å²) < 4.78 is 18.5. The summed E-state index contributed by atoms with van der Waals surface area (Å²) in [6, 6.07) is 2.50. The topological polar surface area (TPSA) is 29.5 Å². The molecule has 2 unspecified atom stereocenters. The molecule has 0 aliphatic rings. The minimum atomic E-state index is -1.24. The third-order valence-corrected chi connectivity index (χ3v) is 3.87. The SMILES string of the molecule is COCCC(C)C(C)(O)c1cc(F)c(Cl)cc1Cl. The Morgan fingerprint density at radius 3 is 2.56 bits per heavy atom. The number of methoxy groups -OCH3 is 1. The molecule has 5 heteroatoms. The molecule has 0 aromatic heterocycles. The van der Waals surface area contributed by atoms with Crippen molar-refractivity contribution >= 4 is 23.2 Å². The summed E-state index contributed by atoms with van der Waals surface area (Å²) in [5.74, 6) is -0.717. The molecule has 2 atom stereocenters. The quantitative estimate of drug-likeness (QED) is 0.832. The van der Waals surface area contributed by atoms with Crippen LogP contribution in [0.25, 0.3) is 0 Å². The number of hydrogen-bond acceptors (Lipinski definition) is 2. The average molecular weight is 295 g/mol. The molecule has 0 bridgehead atoms. The molecule has 0 fully saturated rings. The van der Waals surface area contributed by atoms with Gasteiger partial charge in [0.05, 0.1) is 10.6 Å². The molecule has 2 nitrogen and oxygen atoms in total. The van der Waals surface area contributed by atoms with Crippen LogP contribution in [0.3, 0.4) is 0 Å². The van der Waals surface area contributed by atoms with Gasteiger partial charge in [-0.05, 0) is 31.4 Å². The first-order valence-electron chi connectivity index (χ1n) is 5.67. The van der Waals surface area contributed by atoms with E-state index in [4.69, 9.17) is 27.9 Å². The molecule has 0 aliphatic heterocycles. The molecule has 102 valence electrons. The van der Waals surface area contributed by atoms with Gasteiger partial charge in [-0.2, -0.15) is 0 Å². The Balaban J connectivity index is 3.07. The Bertz CT molecular complexity index is 422. The molecular weight excluding hydrogens is 278 g/mol. The first-order valence-corrected chi connectivity index (χ1v) is 6.42. The van der Waals surface area contributed by atoms with Gasteiger partial charge in [-0.15, -0.1) is 0 Å². The summed E-state index contributed by atoms with van der Waals surface area (Å²) >= 11 is 11.7. The highest BCUT2D eigenvalue weighted by Crippen LogP contribution is 2.37. The van der Waals surface area contributed by atoms with Crippen LogP contribution in [0.15, 0.2) is 12.1 Å². The van der Waals surface area contributed by atoms with E-state index in [1.807, 2.05) is 6.92 Å². The lowest BCUT2D eigenvalue weighted by molar-refractivity contribution is -0.0108. The van der Waals surface area contributed by atoms with E-state index in [0.29, 0.717) is 18.6 Å². The van der Waals surface area contributed by atoms with Gasteiger partial charge in [-0.1, -0.05) is 30.1 Å². The first-order chi connectivity index (χ1) is 8.30. The minimum absolute atomic E-state index is 0.0518. The molecule has 0 heterocycles. The summed E-state index contributed by atoms with van der Waals surface area (Å²) in [7, 11) is 1.59. The van der Waals surface area contributed by atoms with Crippen molar-refractivity contribution in [2.75, 3.05) is 13.7 Å². The molecule has 0 amide bonds. The van der Waals surface area contributed by atoms with Gasteiger partial charge in [0.1, 0.15) is 5.82 Å². The molecule has 1 aromatic carbocycles. The van der Waals surface area contributed by atoms with Crippen LogP contribution in [0.1, 0.15) is 25.8 Å². The highest BCUT2D eigenvalue weighted by atomic mass is 35.5.